The molecular formula is C42H58N8O2. The van der Waals surface area contributed by atoms with E-state index in [0.29, 0.717) is 25.7 Å². The lowest BCUT2D eigenvalue weighted by Crippen LogP contribution is -2.56. The lowest BCUT2D eigenvalue weighted by atomic mass is 9.80. The van der Waals surface area contributed by atoms with Crippen LogP contribution in [0.5, 0.6) is 0 Å². The van der Waals surface area contributed by atoms with Gasteiger partial charge in [-0.1, -0.05) is 129 Å². The van der Waals surface area contributed by atoms with Gasteiger partial charge in [-0.3, -0.25) is 9.59 Å². The summed E-state index contributed by atoms with van der Waals surface area (Å²) >= 11 is 0. The van der Waals surface area contributed by atoms with Gasteiger partial charge >= 0.3 is 0 Å². The Morgan fingerprint density at radius 3 is 1.19 bits per heavy atom. The molecule has 0 aliphatic heterocycles. The van der Waals surface area contributed by atoms with Gasteiger partial charge in [-0.05, 0) is 58.8 Å². The molecule has 0 spiro atoms. The molecule has 2 fully saturated rings. The highest BCUT2D eigenvalue weighted by Gasteiger charge is 2.41. The van der Waals surface area contributed by atoms with Crippen LogP contribution >= 0.6 is 0 Å². The van der Waals surface area contributed by atoms with E-state index in [-0.39, 0.29) is 34.7 Å². The number of H-pyrrole nitrogens is 2. The lowest BCUT2D eigenvalue weighted by molar-refractivity contribution is -0.129. The zero-order valence-corrected chi connectivity index (χ0v) is 31.9. The molecule has 2 amide bonds. The second-order valence-electron chi connectivity index (χ2n) is 17.5. The largest absolute Gasteiger partial charge is 0.344 e. The van der Waals surface area contributed by atoms with Gasteiger partial charge in [-0.15, -0.1) is 0 Å². The Hall–Kier alpha value is -4.28. The van der Waals surface area contributed by atoms with Crippen molar-refractivity contribution >= 4 is 11.8 Å². The van der Waals surface area contributed by atoms with Crippen LogP contribution in [0.15, 0.2) is 60.9 Å². The Bertz CT molecular complexity index is 1690. The molecule has 2 saturated carbocycles. The fourth-order valence-corrected chi connectivity index (χ4v) is 7.70. The normalized spacial score (nSPS) is 18.7. The van der Waals surface area contributed by atoms with Crippen LogP contribution in [0.4, 0.5) is 0 Å². The van der Waals surface area contributed by atoms with E-state index in [4.69, 9.17) is 21.4 Å². The Morgan fingerprint density at radius 2 is 0.885 bits per heavy atom. The SMILES string of the molecule is CC(C)(C)C(NC(=O)C1(N)CCCCC1)c1ncc(-c2ccc(-c3ccc(-c4cnc(C(NC(=O)C5(N)CCCCC5)C(C)(C)C)[nH]4)cc3)cc2)[nH]1. The molecule has 2 aromatic heterocycles. The summed E-state index contributed by atoms with van der Waals surface area (Å²) in [5.41, 5.74) is 17.0. The number of imidazole rings is 2. The minimum absolute atomic E-state index is 0.0918. The Morgan fingerprint density at radius 1 is 0.577 bits per heavy atom. The smallest absolute Gasteiger partial charge is 0.240 e. The second kappa shape index (κ2) is 14.6. The summed E-state index contributed by atoms with van der Waals surface area (Å²) in [4.78, 5) is 43.1. The predicted octanol–water partition coefficient (Wildman–Crippen LogP) is 7.86. The van der Waals surface area contributed by atoms with Crippen molar-refractivity contribution in [3.05, 3.63) is 72.6 Å². The van der Waals surface area contributed by atoms with E-state index in [2.05, 4.69) is 111 Å². The summed E-state index contributed by atoms with van der Waals surface area (Å²) in [6, 6.07) is 16.2. The molecule has 8 N–H and O–H groups in total. The number of nitrogens with zero attached hydrogens (tertiary/aromatic N) is 2. The summed E-state index contributed by atoms with van der Waals surface area (Å²) in [7, 11) is 0. The molecular weight excluding hydrogens is 649 g/mol. The average molecular weight is 707 g/mol. The van der Waals surface area contributed by atoms with Crippen LogP contribution in [0, 0.1) is 10.8 Å². The third-order valence-corrected chi connectivity index (χ3v) is 11.1. The molecule has 2 atom stereocenters. The number of carbonyl (C=O) groups is 2. The van der Waals surface area contributed by atoms with E-state index in [1.54, 1.807) is 0 Å². The third kappa shape index (κ3) is 8.18. The zero-order valence-electron chi connectivity index (χ0n) is 31.9. The molecule has 2 aliphatic carbocycles. The van der Waals surface area contributed by atoms with Gasteiger partial charge in [0.05, 0.1) is 46.9 Å². The fourth-order valence-electron chi connectivity index (χ4n) is 7.70. The van der Waals surface area contributed by atoms with Crippen LogP contribution < -0.4 is 22.1 Å². The van der Waals surface area contributed by atoms with Crippen molar-refractivity contribution in [2.24, 2.45) is 22.3 Å². The van der Waals surface area contributed by atoms with Crippen LogP contribution in [0.1, 0.15) is 129 Å². The number of hydrogen-bond acceptors (Lipinski definition) is 6. The summed E-state index contributed by atoms with van der Waals surface area (Å²) in [5, 5.41) is 6.49. The number of hydrogen-bond donors (Lipinski definition) is 6. The second-order valence-corrected chi connectivity index (χ2v) is 17.5. The first-order valence-electron chi connectivity index (χ1n) is 19.1. The van der Waals surface area contributed by atoms with E-state index < -0.39 is 11.1 Å². The summed E-state index contributed by atoms with van der Waals surface area (Å²) in [6.07, 6.45) is 12.7. The van der Waals surface area contributed by atoms with Crippen LogP contribution in [-0.2, 0) is 9.59 Å². The van der Waals surface area contributed by atoms with Crippen molar-refractivity contribution in [1.82, 2.24) is 30.6 Å². The van der Waals surface area contributed by atoms with Crippen LogP contribution in [-0.4, -0.2) is 42.8 Å². The Labute approximate surface area is 308 Å². The highest BCUT2D eigenvalue weighted by Crippen LogP contribution is 2.37. The Balaban J connectivity index is 1.13. The molecule has 10 nitrogen and oxygen atoms in total. The summed E-state index contributed by atoms with van der Waals surface area (Å²) < 4.78 is 0. The molecule has 6 rings (SSSR count). The molecule has 2 aliphatic rings. The van der Waals surface area contributed by atoms with Crippen molar-refractivity contribution in [2.45, 2.75) is 129 Å². The molecule has 2 heterocycles. The molecule has 52 heavy (non-hydrogen) atoms. The van der Waals surface area contributed by atoms with Gasteiger partial charge in [0.25, 0.3) is 0 Å². The third-order valence-electron chi connectivity index (χ3n) is 11.1. The monoisotopic (exact) mass is 706 g/mol. The average Bonchev–Trinajstić information content (AvgIpc) is 3.80. The molecule has 0 saturated heterocycles. The Kier molecular flexibility index (Phi) is 10.5. The molecule has 2 unspecified atom stereocenters. The van der Waals surface area contributed by atoms with Gasteiger partial charge in [0, 0.05) is 0 Å². The van der Waals surface area contributed by atoms with Crippen LogP contribution in [0.2, 0.25) is 0 Å². The number of rotatable bonds is 9. The molecule has 4 aromatic rings. The summed E-state index contributed by atoms with van der Waals surface area (Å²) in [5.74, 6) is 1.26. The maximum atomic E-state index is 13.4. The predicted molar refractivity (Wildman–Crippen MR) is 208 cm³/mol. The van der Waals surface area contributed by atoms with E-state index in [1.807, 2.05) is 12.4 Å². The fraction of sp³-hybridized carbons (Fsp3) is 0.524. The minimum atomic E-state index is -0.816. The zero-order chi connectivity index (χ0) is 37.3. The van der Waals surface area contributed by atoms with Crippen molar-refractivity contribution in [3.8, 4) is 33.6 Å². The first kappa shape index (κ1) is 37.5. The van der Waals surface area contributed by atoms with Gasteiger partial charge in [0.2, 0.25) is 11.8 Å². The standard InChI is InChI=1S/C42H58N8O2/c1-39(2,3)33(49-37(51)41(43)21-9-7-10-22-41)35-45-25-31(47-35)29-17-13-27(14-18-29)28-15-19-30(20-16-28)32-26-46-36(48-32)34(40(4,5)6)50-38(52)42(44)23-11-8-12-24-42/h13-20,25-26,33-34H,7-12,21-24,43-44H2,1-6H3,(H,45,47)(H,46,48)(H,49,51)(H,50,52). The quantitative estimate of drug-likeness (QED) is 0.104. The van der Waals surface area contributed by atoms with Crippen LogP contribution in [0.25, 0.3) is 33.6 Å². The lowest BCUT2D eigenvalue weighted by Gasteiger charge is -2.36. The number of benzene rings is 2. The van der Waals surface area contributed by atoms with Crippen molar-refractivity contribution in [1.29, 1.82) is 0 Å². The molecule has 10 heteroatoms. The number of nitrogens with two attached hydrogens (primary N) is 2. The first-order valence-corrected chi connectivity index (χ1v) is 19.1. The van der Waals surface area contributed by atoms with E-state index in [0.717, 1.165) is 83.8 Å². The van der Waals surface area contributed by atoms with E-state index in [9.17, 15) is 9.59 Å². The highest BCUT2D eigenvalue weighted by atomic mass is 16.2. The molecule has 2 aromatic carbocycles. The number of nitrogens with one attached hydrogen (secondary N) is 4. The van der Waals surface area contributed by atoms with Crippen molar-refractivity contribution in [3.63, 3.8) is 0 Å². The van der Waals surface area contributed by atoms with Crippen molar-refractivity contribution < 1.29 is 9.59 Å². The van der Waals surface area contributed by atoms with Gasteiger partial charge in [-0.2, -0.15) is 0 Å². The molecule has 0 radical (unpaired) electrons. The molecule has 278 valence electrons. The van der Waals surface area contributed by atoms with Gasteiger partial charge in [0.15, 0.2) is 0 Å². The topological polar surface area (TPSA) is 168 Å². The van der Waals surface area contributed by atoms with Gasteiger partial charge < -0.3 is 32.1 Å². The number of amides is 2. The number of carbonyl (C=O) groups excluding carboxylic acids is 2. The highest BCUT2D eigenvalue weighted by molar-refractivity contribution is 5.87. The maximum Gasteiger partial charge on any atom is 0.240 e. The van der Waals surface area contributed by atoms with E-state index in [1.165, 1.54) is 0 Å². The van der Waals surface area contributed by atoms with E-state index >= 15 is 0 Å². The maximum absolute atomic E-state index is 13.4. The van der Waals surface area contributed by atoms with Gasteiger partial charge in [-0.25, -0.2) is 9.97 Å². The molecule has 0 bridgehead atoms. The summed E-state index contributed by atoms with van der Waals surface area (Å²) in [6.45, 7) is 12.6. The van der Waals surface area contributed by atoms with Gasteiger partial charge in [0.1, 0.15) is 11.6 Å². The first-order chi connectivity index (χ1) is 24.6. The van der Waals surface area contributed by atoms with Crippen molar-refractivity contribution in [2.75, 3.05) is 0 Å². The minimum Gasteiger partial charge on any atom is -0.344 e. The number of aromatic amines is 2. The number of aromatic nitrogens is 4. The van der Waals surface area contributed by atoms with Crippen LogP contribution in [0.3, 0.4) is 0 Å².